The van der Waals surface area contributed by atoms with Crippen LogP contribution in [0, 0.1) is 0 Å². The second-order valence-electron chi connectivity index (χ2n) is 4.67. The highest BCUT2D eigenvalue weighted by Gasteiger charge is 2.22. The Kier molecular flexibility index (Phi) is 4.71. The van der Waals surface area contributed by atoms with Crippen LogP contribution in [0.25, 0.3) is 0 Å². The SMILES string of the molecule is CC(CCN(C)C)NS(=O)(=O)c1cn(C)nc1N. The fraction of sp³-hybridized carbons (Fsp3) is 0.700. The number of rotatable bonds is 6. The molecule has 3 N–H and O–H groups in total. The summed E-state index contributed by atoms with van der Waals surface area (Å²) in [5.41, 5.74) is 5.57. The maximum absolute atomic E-state index is 12.1. The lowest BCUT2D eigenvalue weighted by Crippen LogP contribution is -2.35. The predicted octanol–water partition coefficient (Wildman–Crippen LogP) is -0.379. The zero-order valence-electron chi connectivity index (χ0n) is 11.2. The number of aromatic nitrogens is 2. The largest absolute Gasteiger partial charge is 0.381 e. The molecule has 0 aliphatic rings. The van der Waals surface area contributed by atoms with Crippen LogP contribution in [0.3, 0.4) is 0 Å². The smallest absolute Gasteiger partial charge is 0.246 e. The first kappa shape index (κ1) is 14.9. The molecule has 0 amide bonds. The molecule has 0 aromatic carbocycles. The predicted molar refractivity (Wildman–Crippen MR) is 70.6 cm³/mol. The lowest BCUT2D eigenvalue weighted by molar-refractivity contribution is 0.379. The molecule has 0 aliphatic heterocycles. The van der Waals surface area contributed by atoms with Gasteiger partial charge in [-0.2, -0.15) is 5.10 Å². The Balaban J connectivity index is 2.73. The molecule has 0 saturated heterocycles. The van der Waals surface area contributed by atoms with Crippen molar-refractivity contribution in [2.24, 2.45) is 7.05 Å². The van der Waals surface area contributed by atoms with Crippen LogP contribution in [-0.2, 0) is 17.1 Å². The summed E-state index contributed by atoms with van der Waals surface area (Å²) in [4.78, 5) is 2.03. The Morgan fingerprint density at radius 2 is 2.17 bits per heavy atom. The first-order valence-electron chi connectivity index (χ1n) is 5.68. The lowest BCUT2D eigenvalue weighted by Gasteiger charge is -2.16. The Morgan fingerprint density at radius 3 is 2.61 bits per heavy atom. The molecule has 0 radical (unpaired) electrons. The van der Waals surface area contributed by atoms with E-state index >= 15 is 0 Å². The summed E-state index contributed by atoms with van der Waals surface area (Å²) >= 11 is 0. The summed E-state index contributed by atoms with van der Waals surface area (Å²) in [7, 11) is 1.93. The fourth-order valence-electron chi connectivity index (χ4n) is 1.53. The quantitative estimate of drug-likeness (QED) is 0.738. The van der Waals surface area contributed by atoms with Crippen molar-refractivity contribution >= 4 is 15.8 Å². The van der Waals surface area contributed by atoms with Crippen molar-refractivity contribution in [3.8, 4) is 0 Å². The minimum absolute atomic E-state index is 0.0183. The van der Waals surface area contributed by atoms with Gasteiger partial charge < -0.3 is 10.6 Å². The van der Waals surface area contributed by atoms with Gasteiger partial charge in [-0.1, -0.05) is 0 Å². The second kappa shape index (κ2) is 5.68. The van der Waals surface area contributed by atoms with E-state index in [1.165, 1.54) is 10.9 Å². The van der Waals surface area contributed by atoms with Gasteiger partial charge in [0.15, 0.2) is 5.82 Å². The zero-order chi connectivity index (χ0) is 13.9. The molecular formula is C10H21N5O2S. The molecule has 18 heavy (non-hydrogen) atoms. The van der Waals surface area contributed by atoms with E-state index in [1.54, 1.807) is 7.05 Å². The van der Waals surface area contributed by atoms with E-state index in [9.17, 15) is 8.42 Å². The van der Waals surface area contributed by atoms with Gasteiger partial charge in [-0.25, -0.2) is 13.1 Å². The fourth-order valence-corrected chi connectivity index (χ4v) is 2.91. The summed E-state index contributed by atoms with van der Waals surface area (Å²) in [6.07, 6.45) is 2.13. The topological polar surface area (TPSA) is 93.2 Å². The van der Waals surface area contributed by atoms with E-state index in [2.05, 4.69) is 9.82 Å². The molecule has 1 atom stereocenters. The van der Waals surface area contributed by atoms with E-state index in [0.717, 1.165) is 13.0 Å². The standard InChI is InChI=1S/C10H21N5O2S/c1-8(5-6-14(2)3)13-18(16,17)9-7-15(4)12-10(9)11/h7-8,13H,5-6H2,1-4H3,(H2,11,12). The van der Waals surface area contributed by atoms with Gasteiger partial charge in [0, 0.05) is 19.3 Å². The van der Waals surface area contributed by atoms with Crippen molar-refractivity contribution in [2.45, 2.75) is 24.3 Å². The van der Waals surface area contributed by atoms with Crippen molar-refractivity contribution in [1.82, 2.24) is 19.4 Å². The van der Waals surface area contributed by atoms with Gasteiger partial charge in [0.05, 0.1) is 0 Å². The molecule has 1 aromatic heterocycles. The highest BCUT2D eigenvalue weighted by atomic mass is 32.2. The summed E-state index contributed by atoms with van der Waals surface area (Å²) < 4.78 is 28.1. The number of aryl methyl sites for hydroxylation is 1. The summed E-state index contributed by atoms with van der Waals surface area (Å²) in [5.74, 6) is 0.0183. The first-order chi connectivity index (χ1) is 8.22. The molecule has 1 aromatic rings. The van der Waals surface area contributed by atoms with Crippen LogP contribution in [0.4, 0.5) is 5.82 Å². The van der Waals surface area contributed by atoms with Crippen molar-refractivity contribution in [3.63, 3.8) is 0 Å². The summed E-state index contributed by atoms with van der Waals surface area (Å²) in [6.45, 7) is 2.64. The molecule has 0 fully saturated rings. The Morgan fingerprint density at radius 1 is 1.56 bits per heavy atom. The van der Waals surface area contributed by atoms with E-state index < -0.39 is 10.0 Å². The van der Waals surface area contributed by atoms with Crippen LogP contribution in [0.2, 0.25) is 0 Å². The molecule has 8 heteroatoms. The van der Waals surface area contributed by atoms with Crippen molar-refractivity contribution in [1.29, 1.82) is 0 Å². The van der Waals surface area contributed by atoms with Crippen LogP contribution < -0.4 is 10.5 Å². The third-order valence-corrected chi connectivity index (χ3v) is 4.08. The number of anilines is 1. The Labute approximate surface area is 108 Å². The number of nitrogens with one attached hydrogen (secondary N) is 1. The van der Waals surface area contributed by atoms with Crippen LogP contribution in [0.1, 0.15) is 13.3 Å². The molecule has 0 spiro atoms. The summed E-state index contributed by atoms with van der Waals surface area (Å²) in [5, 5.41) is 3.83. The van der Waals surface area contributed by atoms with E-state index in [0.29, 0.717) is 0 Å². The van der Waals surface area contributed by atoms with E-state index in [1.807, 2.05) is 25.9 Å². The molecular weight excluding hydrogens is 254 g/mol. The number of sulfonamides is 1. The maximum atomic E-state index is 12.1. The second-order valence-corrected chi connectivity index (χ2v) is 6.35. The van der Waals surface area contributed by atoms with Gasteiger partial charge in [0.1, 0.15) is 4.90 Å². The van der Waals surface area contributed by atoms with Gasteiger partial charge in [0.25, 0.3) is 0 Å². The minimum Gasteiger partial charge on any atom is -0.381 e. The number of hydrogen-bond acceptors (Lipinski definition) is 5. The highest BCUT2D eigenvalue weighted by molar-refractivity contribution is 7.89. The average Bonchev–Trinajstić information content (AvgIpc) is 2.55. The number of nitrogens with two attached hydrogens (primary N) is 1. The molecule has 104 valence electrons. The number of nitrogen functional groups attached to an aromatic ring is 1. The number of hydrogen-bond donors (Lipinski definition) is 2. The van der Waals surface area contributed by atoms with E-state index in [4.69, 9.17) is 5.73 Å². The van der Waals surface area contributed by atoms with Gasteiger partial charge in [-0.05, 0) is 34.0 Å². The summed E-state index contributed by atoms with van der Waals surface area (Å²) in [6, 6.07) is -0.156. The minimum atomic E-state index is -3.59. The normalized spacial score (nSPS) is 14.1. The van der Waals surface area contributed by atoms with Gasteiger partial charge in [-0.3, -0.25) is 4.68 Å². The average molecular weight is 275 g/mol. The monoisotopic (exact) mass is 275 g/mol. The van der Waals surface area contributed by atoms with Gasteiger partial charge in [0.2, 0.25) is 10.0 Å². The number of nitrogens with zero attached hydrogens (tertiary/aromatic N) is 3. The van der Waals surface area contributed by atoms with Crippen LogP contribution in [0.15, 0.2) is 11.1 Å². The van der Waals surface area contributed by atoms with E-state index in [-0.39, 0.29) is 16.8 Å². The molecule has 0 aliphatic carbocycles. The molecule has 1 unspecified atom stereocenters. The Bertz CT molecular complexity index is 494. The third kappa shape index (κ3) is 3.97. The van der Waals surface area contributed by atoms with Crippen molar-refractivity contribution in [3.05, 3.63) is 6.20 Å². The molecule has 1 rings (SSSR count). The van der Waals surface area contributed by atoms with Gasteiger partial charge >= 0.3 is 0 Å². The lowest BCUT2D eigenvalue weighted by atomic mass is 10.2. The Hall–Kier alpha value is -1.12. The maximum Gasteiger partial charge on any atom is 0.246 e. The van der Waals surface area contributed by atoms with Crippen molar-refractivity contribution < 1.29 is 8.42 Å². The van der Waals surface area contributed by atoms with Crippen LogP contribution >= 0.6 is 0 Å². The molecule has 0 saturated carbocycles. The van der Waals surface area contributed by atoms with Crippen LogP contribution in [-0.4, -0.2) is 49.8 Å². The first-order valence-corrected chi connectivity index (χ1v) is 7.17. The highest BCUT2D eigenvalue weighted by Crippen LogP contribution is 2.15. The molecule has 7 nitrogen and oxygen atoms in total. The molecule has 1 heterocycles. The van der Waals surface area contributed by atoms with Gasteiger partial charge in [-0.15, -0.1) is 0 Å². The third-order valence-electron chi connectivity index (χ3n) is 2.48. The van der Waals surface area contributed by atoms with Crippen LogP contribution in [0.5, 0.6) is 0 Å². The van der Waals surface area contributed by atoms with Crippen molar-refractivity contribution in [2.75, 3.05) is 26.4 Å². The molecule has 0 bridgehead atoms. The zero-order valence-corrected chi connectivity index (χ0v) is 12.0.